The number of nitrogens with zero attached hydrogens (tertiary/aromatic N) is 1. The minimum absolute atomic E-state index is 0.106. The molecule has 7 heteroatoms. The first-order chi connectivity index (χ1) is 9.75. The highest BCUT2D eigenvalue weighted by Crippen LogP contribution is 2.42. The third-order valence-electron chi connectivity index (χ3n) is 3.93. The summed E-state index contributed by atoms with van der Waals surface area (Å²) in [6.07, 6.45) is 5.07. The van der Waals surface area contributed by atoms with Crippen LogP contribution in [-0.2, 0) is 9.84 Å². The van der Waals surface area contributed by atoms with Crippen molar-refractivity contribution in [3.8, 4) is 0 Å². The minimum Gasteiger partial charge on any atom is -0.396 e. The molecule has 0 aliphatic heterocycles. The Morgan fingerprint density at radius 2 is 2.05 bits per heavy atom. The Morgan fingerprint density at radius 3 is 2.48 bits per heavy atom. The standard InChI is InChI=1S/C14H22N2O3S2/c1-4-10(17)12-11(15)13(21(3,18)19)14(20-12)16(2)8-9-6-5-7-9/h9H,4-8,15H2,1-3H3. The maximum absolute atomic E-state index is 12.1. The lowest BCUT2D eigenvalue weighted by molar-refractivity contribution is 0.0992. The van der Waals surface area contributed by atoms with Crippen LogP contribution in [-0.4, -0.2) is 34.0 Å². The molecule has 1 heterocycles. The molecule has 1 aromatic heterocycles. The minimum atomic E-state index is -3.46. The molecule has 1 aliphatic rings. The number of hydrogen-bond donors (Lipinski definition) is 1. The van der Waals surface area contributed by atoms with Gasteiger partial charge >= 0.3 is 0 Å². The second kappa shape index (κ2) is 5.96. The van der Waals surface area contributed by atoms with Gasteiger partial charge in [0.15, 0.2) is 15.6 Å². The van der Waals surface area contributed by atoms with Crippen LogP contribution in [0.4, 0.5) is 10.7 Å². The molecule has 0 saturated heterocycles. The van der Waals surface area contributed by atoms with Gasteiger partial charge in [0.05, 0.1) is 10.6 Å². The molecule has 0 amide bonds. The molecule has 0 unspecified atom stereocenters. The van der Waals surface area contributed by atoms with Crippen LogP contribution in [0.2, 0.25) is 0 Å². The molecule has 21 heavy (non-hydrogen) atoms. The molecule has 2 N–H and O–H groups in total. The van der Waals surface area contributed by atoms with Gasteiger partial charge in [-0.3, -0.25) is 4.79 Å². The van der Waals surface area contributed by atoms with E-state index in [1.807, 2.05) is 11.9 Å². The van der Waals surface area contributed by atoms with Crippen molar-refractivity contribution in [3.05, 3.63) is 4.88 Å². The normalized spacial score (nSPS) is 15.8. The van der Waals surface area contributed by atoms with Crippen molar-refractivity contribution in [2.45, 2.75) is 37.5 Å². The van der Waals surface area contributed by atoms with Crippen molar-refractivity contribution in [2.24, 2.45) is 5.92 Å². The number of rotatable bonds is 6. The van der Waals surface area contributed by atoms with Crippen molar-refractivity contribution in [1.82, 2.24) is 0 Å². The van der Waals surface area contributed by atoms with Crippen molar-refractivity contribution in [3.63, 3.8) is 0 Å². The largest absolute Gasteiger partial charge is 0.396 e. The molecule has 0 spiro atoms. The fraction of sp³-hybridized carbons (Fsp3) is 0.643. The number of Topliss-reactive ketones (excluding diaryl/α,β-unsaturated/α-hetero) is 1. The van der Waals surface area contributed by atoms with Crippen LogP contribution in [0.3, 0.4) is 0 Å². The van der Waals surface area contributed by atoms with Crippen LogP contribution in [0.15, 0.2) is 4.90 Å². The number of ketones is 1. The van der Waals surface area contributed by atoms with E-state index in [4.69, 9.17) is 5.73 Å². The average Bonchev–Trinajstić information content (AvgIpc) is 2.70. The van der Waals surface area contributed by atoms with Crippen LogP contribution < -0.4 is 10.6 Å². The summed E-state index contributed by atoms with van der Waals surface area (Å²) in [5.41, 5.74) is 6.08. The molecular formula is C14H22N2O3S2. The molecular weight excluding hydrogens is 308 g/mol. The lowest BCUT2D eigenvalue weighted by Crippen LogP contribution is -2.29. The third-order valence-corrected chi connectivity index (χ3v) is 6.58. The molecule has 1 aliphatic carbocycles. The number of nitrogens with two attached hydrogens (primary N) is 1. The Morgan fingerprint density at radius 1 is 1.43 bits per heavy atom. The van der Waals surface area contributed by atoms with Crippen LogP contribution >= 0.6 is 11.3 Å². The van der Waals surface area contributed by atoms with Gasteiger partial charge in [-0.05, 0) is 18.8 Å². The van der Waals surface area contributed by atoms with Crippen molar-refractivity contribution < 1.29 is 13.2 Å². The predicted octanol–water partition coefficient (Wildman–Crippen LogP) is 2.56. The van der Waals surface area contributed by atoms with Gasteiger partial charge in [0.1, 0.15) is 9.90 Å². The van der Waals surface area contributed by atoms with Crippen molar-refractivity contribution in [2.75, 3.05) is 30.5 Å². The van der Waals surface area contributed by atoms with Crippen molar-refractivity contribution in [1.29, 1.82) is 0 Å². The number of thiophene rings is 1. The van der Waals surface area contributed by atoms with E-state index in [9.17, 15) is 13.2 Å². The maximum atomic E-state index is 12.1. The first kappa shape index (κ1) is 16.3. The first-order valence-corrected chi connectivity index (χ1v) is 9.83. The summed E-state index contributed by atoms with van der Waals surface area (Å²) in [6.45, 7) is 2.56. The fourth-order valence-corrected chi connectivity index (χ4v) is 5.25. The SMILES string of the molecule is CCC(=O)c1sc(N(C)CC2CCC2)c(S(C)(=O)=O)c1N. The molecule has 0 bridgehead atoms. The topological polar surface area (TPSA) is 80.5 Å². The number of hydrogen-bond acceptors (Lipinski definition) is 6. The summed E-state index contributed by atoms with van der Waals surface area (Å²) < 4.78 is 24.1. The second-order valence-corrected chi connectivity index (χ2v) is 8.66. The fourth-order valence-electron chi connectivity index (χ4n) is 2.54. The Kier molecular flexibility index (Phi) is 4.63. The van der Waals surface area contributed by atoms with E-state index in [1.165, 1.54) is 30.6 Å². The highest BCUT2D eigenvalue weighted by atomic mass is 32.2. The summed E-state index contributed by atoms with van der Waals surface area (Å²) in [5, 5.41) is 0.596. The lowest BCUT2D eigenvalue weighted by Gasteiger charge is -2.30. The third kappa shape index (κ3) is 3.23. The molecule has 1 saturated carbocycles. The molecule has 1 fully saturated rings. The van der Waals surface area contributed by atoms with E-state index in [0.717, 1.165) is 12.8 Å². The van der Waals surface area contributed by atoms with Crippen LogP contribution in [0.5, 0.6) is 0 Å². The lowest BCUT2D eigenvalue weighted by atomic mass is 9.85. The molecule has 0 atom stereocenters. The highest BCUT2D eigenvalue weighted by molar-refractivity contribution is 7.91. The smallest absolute Gasteiger partial charge is 0.180 e. The van der Waals surface area contributed by atoms with Gasteiger partial charge in [-0.1, -0.05) is 13.3 Å². The Labute approximate surface area is 130 Å². The maximum Gasteiger partial charge on any atom is 0.180 e. The average molecular weight is 330 g/mol. The van der Waals surface area contributed by atoms with E-state index in [1.54, 1.807) is 6.92 Å². The van der Waals surface area contributed by atoms with Gasteiger partial charge in [-0.2, -0.15) is 0 Å². The van der Waals surface area contributed by atoms with E-state index >= 15 is 0 Å². The molecule has 118 valence electrons. The van der Waals surface area contributed by atoms with Crippen LogP contribution in [0, 0.1) is 5.92 Å². The van der Waals surface area contributed by atoms with E-state index < -0.39 is 9.84 Å². The first-order valence-electron chi connectivity index (χ1n) is 7.12. The van der Waals surface area contributed by atoms with Crippen LogP contribution in [0.25, 0.3) is 0 Å². The molecule has 1 aromatic rings. The second-order valence-electron chi connectivity index (χ2n) is 5.71. The summed E-state index contributed by atoms with van der Waals surface area (Å²) in [5.74, 6) is 0.502. The van der Waals surface area contributed by atoms with E-state index in [-0.39, 0.29) is 16.4 Å². The predicted molar refractivity (Wildman–Crippen MR) is 87.1 cm³/mol. The van der Waals surface area contributed by atoms with Crippen molar-refractivity contribution >= 4 is 37.6 Å². The molecule has 0 aromatic carbocycles. The number of carbonyl (C=O) groups is 1. The summed E-state index contributed by atoms with van der Waals surface area (Å²) in [4.78, 5) is 14.4. The zero-order valence-corrected chi connectivity index (χ0v) is 14.3. The molecule has 2 rings (SSSR count). The molecule has 5 nitrogen and oxygen atoms in total. The summed E-state index contributed by atoms with van der Waals surface area (Å²) >= 11 is 1.20. The zero-order valence-electron chi connectivity index (χ0n) is 12.7. The van der Waals surface area contributed by atoms with Gasteiger partial charge in [-0.25, -0.2) is 8.42 Å². The van der Waals surface area contributed by atoms with Crippen LogP contribution in [0.1, 0.15) is 42.3 Å². The summed E-state index contributed by atoms with van der Waals surface area (Å²) in [6, 6.07) is 0. The number of sulfone groups is 1. The van der Waals surface area contributed by atoms with Gasteiger partial charge in [0.25, 0.3) is 0 Å². The van der Waals surface area contributed by atoms with E-state index in [2.05, 4.69) is 0 Å². The quantitative estimate of drug-likeness (QED) is 0.811. The Bertz CT molecular complexity index is 645. The van der Waals surface area contributed by atoms with Gasteiger partial charge < -0.3 is 10.6 Å². The van der Waals surface area contributed by atoms with Gasteiger partial charge in [-0.15, -0.1) is 11.3 Å². The Hall–Kier alpha value is -1.08. The summed E-state index contributed by atoms with van der Waals surface area (Å²) in [7, 11) is -1.59. The zero-order chi connectivity index (χ0) is 15.8. The Balaban J connectivity index is 2.44. The number of carbonyl (C=O) groups excluding carboxylic acids is 1. The van der Waals surface area contributed by atoms with Gasteiger partial charge in [0, 0.05) is 26.3 Å². The number of anilines is 2. The van der Waals surface area contributed by atoms with Gasteiger partial charge in [0.2, 0.25) is 0 Å². The van der Waals surface area contributed by atoms with E-state index in [0.29, 0.717) is 22.2 Å². The number of nitrogen functional groups attached to an aromatic ring is 1. The molecule has 0 radical (unpaired) electrons. The monoisotopic (exact) mass is 330 g/mol. The highest BCUT2D eigenvalue weighted by Gasteiger charge is 2.29.